The summed E-state index contributed by atoms with van der Waals surface area (Å²) < 4.78 is 18.6. The Labute approximate surface area is 119 Å². The molecule has 4 nitrogen and oxygen atoms in total. The van der Waals surface area contributed by atoms with Gasteiger partial charge in [-0.1, -0.05) is 19.9 Å². The highest BCUT2D eigenvalue weighted by atomic mass is 19.1. The van der Waals surface area contributed by atoms with Crippen molar-refractivity contribution in [3.8, 4) is 5.75 Å². The molecule has 5 heteroatoms. The molecule has 0 spiro atoms. The zero-order valence-corrected chi connectivity index (χ0v) is 12.3. The van der Waals surface area contributed by atoms with Crippen molar-refractivity contribution >= 4 is 5.91 Å². The van der Waals surface area contributed by atoms with Crippen LogP contribution < -0.4 is 15.8 Å². The molecule has 0 saturated heterocycles. The molecule has 0 fully saturated rings. The van der Waals surface area contributed by atoms with Crippen molar-refractivity contribution in [2.24, 2.45) is 11.7 Å². The second kappa shape index (κ2) is 7.85. The number of benzene rings is 1. The lowest BCUT2D eigenvalue weighted by atomic mass is 10.1. The van der Waals surface area contributed by atoms with E-state index in [0.29, 0.717) is 23.8 Å². The number of amides is 1. The molecule has 0 aliphatic heterocycles. The van der Waals surface area contributed by atoms with E-state index < -0.39 is 5.82 Å². The molecule has 112 valence electrons. The van der Waals surface area contributed by atoms with Crippen molar-refractivity contribution in [2.75, 3.05) is 13.2 Å². The predicted octanol–water partition coefficient (Wildman–Crippen LogP) is 2.39. The lowest BCUT2D eigenvalue weighted by Crippen LogP contribution is -2.30. The van der Waals surface area contributed by atoms with Gasteiger partial charge in [0.15, 0.2) is 6.61 Å². The standard InChI is InChI=1S/C15H23FN2O2/c1-10(2)6-7-18-15(19)9-20-14-8-12(16)4-5-13(14)11(3)17/h4-5,8,10-11H,6-7,9,17H2,1-3H3,(H,18,19). The molecule has 3 N–H and O–H groups in total. The molecule has 1 rings (SSSR count). The van der Waals surface area contributed by atoms with Crippen molar-refractivity contribution < 1.29 is 13.9 Å². The molecular weight excluding hydrogens is 259 g/mol. The number of nitrogens with two attached hydrogens (primary N) is 1. The third-order valence-electron chi connectivity index (χ3n) is 2.87. The molecule has 1 atom stereocenters. The molecule has 20 heavy (non-hydrogen) atoms. The van der Waals surface area contributed by atoms with E-state index in [0.717, 1.165) is 6.42 Å². The van der Waals surface area contributed by atoms with Crippen LogP contribution in [0.3, 0.4) is 0 Å². The lowest BCUT2D eigenvalue weighted by molar-refractivity contribution is -0.123. The van der Waals surface area contributed by atoms with Gasteiger partial charge < -0.3 is 15.8 Å². The molecule has 0 radical (unpaired) electrons. The molecule has 0 heterocycles. The minimum absolute atomic E-state index is 0.138. The van der Waals surface area contributed by atoms with Crippen LogP contribution >= 0.6 is 0 Å². The minimum Gasteiger partial charge on any atom is -0.483 e. The Bertz CT molecular complexity index is 447. The van der Waals surface area contributed by atoms with E-state index in [-0.39, 0.29) is 18.6 Å². The highest BCUT2D eigenvalue weighted by Gasteiger charge is 2.11. The molecule has 0 aliphatic carbocycles. The molecule has 0 bridgehead atoms. The number of hydrogen-bond donors (Lipinski definition) is 2. The van der Waals surface area contributed by atoms with Crippen molar-refractivity contribution in [1.82, 2.24) is 5.32 Å². The van der Waals surface area contributed by atoms with Crippen LogP contribution in [-0.2, 0) is 4.79 Å². The van der Waals surface area contributed by atoms with E-state index in [1.54, 1.807) is 13.0 Å². The monoisotopic (exact) mass is 282 g/mol. The van der Waals surface area contributed by atoms with Gasteiger partial charge in [0.25, 0.3) is 5.91 Å². The van der Waals surface area contributed by atoms with Crippen molar-refractivity contribution in [2.45, 2.75) is 33.2 Å². The highest BCUT2D eigenvalue weighted by Crippen LogP contribution is 2.24. The number of halogens is 1. The Morgan fingerprint density at radius 3 is 2.70 bits per heavy atom. The first-order chi connectivity index (χ1) is 9.40. The minimum atomic E-state index is -0.412. The van der Waals surface area contributed by atoms with Gasteiger partial charge >= 0.3 is 0 Å². The number of hydrogen-bond acceptors (Lipinski definition) is 3. The maximum atomic E-state index is 13.2. The lowest BCUT2D eigenvalue weighted by Gasteiger charge is -2.14. The van der Waals surface area contributed by atoms with Crippen LogP contribution in [0, 0.1) is 11.7 Å². The first-order valence-electron chi connectivity index (χ1n) is 6.84. The zero-order valence-electron chi connectivity index (χ0n) is 12.3. The summed E-state index contributed by atoms with van der Waals surface area (Å²) in [4.78, 5) is 11.6. The fourth-order valence-corrected chi connectivity index (χ4v) is 1.70. The van der Waals surface area contributed by atoms with Crippen LogP contribution in [0.1, 0.15) is 38.8 Å². The van der Waals surface area contributed by atoms with E-state index in [4.69, 9.17) is 10.5 Å². The molecule has 0 aliphatic rings. The Morgan fingerprint density at radius 2 is 2.10 bits per heavy atom. The van der Waals surface area contributed by atoms with E-state index >= 15 is 0 Å². The van der Waals surface area contributed by atoms with E-state index in [9.17, 15) is 9.18 Å². The Kier molecular flexibility index (Phi) is 6.45. The maximum absolute atomic E-state index is 13.2. The van der Waals surface area contributed by atoms with E-state index in [1.807, 2.05) is 0 Å². The topological polar surface area (TPSA) is 64.3 Å². The normalized spacial score (nSPS) is 12.3. The Hall–Kier alpha value is -1.62. The molecule has 0 aromatic heterocycles. The third-order valence-corrected chi connectivity index (χ3v) is 2.87. The fourth-order valence-electron chi connectivity index (χ4n) is 1.70. The van der Waals surface area contributed by atoms with Gasteiger partial charge in [-0.3, -0.25) is 4.79 Å². The largest absolute Gasteiger partial charge is 0.483 e. The van der Waals surface area contributed by atoms with Crippen LogP contribution in [-0.4, -0.2) is 19.1 Å². The predicted molar refractivity (Wildman–Crippen MR) is 77.0 cm³/mol. The highest BCUT2D eigenvalue weighted by molar-refractivity contribution is 5.77. The SMILES string of the molecule is CC(C)CCNC(=O)COc1cc(F)ccc1C(C)N. The number of carbonyl (C=O) groups excluding carboxylic acids is 1. The molecule has 1 aromatic carbocycles. The average Bonchev–Trinajstić information content (AvgIpc) is 2.35. The van der Waals surface area contributed by atoms with Gasteiger partial charge in [-0.15, -0.1) is 0 Å². The van der Waals surface area contributed by atoms with Crippen molar-refractivity contribution in [3.63, 3.8) is 0 Å². The van der Waals surface area contributed by atoms with Gasteiger partial charge in [-0.25, -0.2) is 4.39 Å². The second-order valence-electron chi connectivity index (χ2n) is 5.29. The van der Waals surface area contributed by atoms with Crippen LogP contribution in [0.4, 0.5) is 4.39 Å². The molecule has 1 amide bonds. The van der Waals surface area contributed by atoms with Gasteiger partial charge in [-0.2, -0.15) is 0 Å². The number of ether oxygens (including phenoxy) is 1. The summed E-state index contributed by atoms with van der Waals surface area (Å²) >= 11 is 0. The summed E-state index contributed by atoms with van der Waals surface area (Å²) in [7, 11) is 0. The summed E-state index contributed by atoms with van der Waals surface area (Å²) in [5.41, 5.74) is 6.46. The van der Waals surface area contributed by atoms with Crippen LogP contribution in [0.2, 0.25) is 0 Å². The average molecular weight is 282 g/mol. The quantitative estimate of drug-likeness (QED) is 0.807. The molecular formula is C15H23FN2O2. The van der Waals surface area contributed by atoms with Gasteiger partial charge in [0.2, 0.25) is 0 Å². The number of rotatable bonds is 7. The Balaban J connectivity index is 2.52. The first-order valence-corrected chi connectivity index (χ1v) is 6.84. The van der Waals surface area contributed by atoms with E-state index in [2.05, 4.69) is 19.2 Å². The molecule has 0 saturated carbocycles. The summed E-state index contributed by atoms with van der Waals surface area (Å²) in [6, 6.07) is 3.87. The Morgan fingerprint density at radius 1 is 1.40 bits per heavy atom. The van der Waals surface area contributed by atoms with Crippen LogP contribution in [0.25, 0.3) is 0 Å². The van der Waals surface area contributed by atoms with E-state index in [1.165, 1.54) is 12.1 Å². The van der Waals surface area contributed by atoms with Gasteiger partial charge in [0, 0.05) is 24.2 Å². The number of nitrogens with one attached hydrogen (secondary N) is 1. The summed E-state index contributed by atoms with van der Waals surface area (Å²) in [6.45, 7) is 6.43. The molecule has 1 aromatic rings. The van der Waals surface area contributed by atoms with Gasteiger partial charge in [-0.05, 0) is 25.3 Å². The van der Waals surface area contributed by atoms with Crippen molar-refractivity contribution in [3.05, 3.63) is 29.6 Å². The van der Waals surface area contributed by atoms with Crippen LogP contribution in [0.5, 0.6) is 5.75 Å². The van der Waals surface area contributed by atoms with Crippen LogP contribution in [0.15, 0.2) is 18.2 Å². The van der Waals surface area contributed by atoms with Crippen molar-refractivity contribution in [1.29, 1.82) is 0 Å². The summed E-state index contributed by atoms with van der Waals surface area (Å²) in [5.74, 6) is 0.221. The first kappa shape index (κ1) is 16.4. The zero-order chi connectivity index (χ0) is 15.1. The molecule has 1 unspecified atom stereocenters. The second-order valence-corrected chi connectivity index (χ2v) is 5.29. The van der Waals surface area contributed by atoms with Gasteiger partial charge in [0.1, 0.15) is 11.6 Å². The third kappa shape index (κ3) is 5.57. The number of carbonyl (C=O) groups is 1. The maximum Gasteiger partial charge on any atom is 0.257 e. The van der Waals surface area contributed by atoms with Gasteiger partial charge in [0.05, 0.1) is 0 Å². The summed E-state index contributed by atoms with van der Waals surface area (Å²) in [5, 5.41) is 2.76. The summed E-state index contributed by atoms with van der Waals surface area (Å²) in [6.07, 6.45) is 0.913. The fraction of sp³-hybridized carbons (Fsp3) is 0.533. The smallest absolute Gasteiger partial charge is 0.257 e.